The summed E-state index contributed by atoms with van der Waals surface area (Å²) in [6, 6.07) is 14.9. The number of hydrogen-bond donors (Lipinski definition) is 2. The van der Waals surface area contributed by atoms with Crippen LogP contribution < -0.4 is 15.5 Å². The first-order valence-electron chi connectivity index (χ1n) is 12.4. The first-order chi connectivity index (χ1) is 16.6. The zero-order valence-electron chi connectivity index (χ0n) is 20.0. The van der Waals surface area contributed by atoms with Crippen molar-refractivity contribution in [3.63, 3.8) is 0 Å². The molecule has 0 spiro atoms. The molecule has 34 heavy (non-hydrogen) atoms. The third kappa shape index (κ3) is 6.73. The highest BCUT2D eigenvalue weighted by Crippen LogP contribution is 2.21. The van der Waals surface area contributed by atoms with Crippen LogP contribution in [0.15, 0.2) is 60.6 Å². The molecule has 2 aliphatic rings. The van der Waals surface area contributed by atoms with Gasteiger partial charge in [-0.3, -0.25) is 4.79 Å². The second-order valence-electron chi connectivity index (χ2n) is 9.26. The topological polar surface area (TPSA) is 50.9 Å². The number of piperazine rings is 1. The largest absolute Gasteiger partial charge is 0.374 e. The molecular formula is C27H36FN5O. The van der Waals surface area contributed by atoms with Gasteiger partial charge >= 0.3 is 0 Å². The first kappa shape index (κ1) is 24.1. The van der Waals surface area contributed by atoms with Crippen LogP contribution in [0.5, 0.6) is 0 Å². The van der Waals surface area contributed by atoms with Crippen LogP contribution in [0.25, 0.3) is 0 Å². The Kier molecular flexibility index (Phi) is 8.41. The minimum Gasteiger partial charge on any atom is -0.374 e. The number of nitrogens with one attached hydrogen (secondary N) is 2. The van der Waals surface area contributed by atoms with Crippen LogP contribution in [-0.2, 0) is 11.2 Å². The molecule has 4 rings (SSSR count). The van der Waals surface area contributed by atoms with E-state index in [9.17, 15) is 9.18 Å². The van der Waals surface area contributed by atoms with Crippen LogP contribution >= 0.6 is 0 Å². The highest BCUT2D eigenvalue weighted by atomic mass is 19.1. The van der Waals surface area contributed by atoms with Gasteiger partial charge in [0, 0.05) is 62.9 Å². The minimum absolute atomic E-state index is 0.247. The van der Waals surface area contributed by atoms with Crippen molar-refractivity contribution < 1.29 is 9.18 Å². The third-order valence-corrected chi connectivity index (χ3v) is 6.56. The summed E-state index contributed by atoms with van der Waals surface area (Å²) < 4.78 is 13.1. The number of carbonyl (C=O) groups is 1. The number of carbonyl (C=O) groups excluding carboxylic acids is 1. The van der Waals surface area contributed by atoms with Crippen molar-refractivity contribution in [3.8, 4) is 0 Å². The third-order valence-electron chi connectivity index (χ3n) is 6.56. The van der Waals surface area contributed by atoms with Gasteiger partial charge < -0.3 is 25.3 Å². The van der Waals surface area contributed by atoms with Crippen LogP contribution in [0.4, 0.5) is 15.8 Å². The van der Waals surface area contributed by atoms with Gasteiger partial charge in [-0.15, -0.1) is 0 Å². The average Bonchev–Trinajstić information content (AvgIpc) is 2.86. The lowest BCUT2D eigenvalue weighted by Gasteiger charge is -2.37. The molecule has 0 aliphatic carbocycles. The molecule has 0 saturated carbocycles. The number of anilines is 2. The molecule has 2 N–H and O–H groups in total. The van der Waals surface area contributed by atoms with Gasteiger partial charge in [-0.05, 0) is 74.6 Å². The lowest BCUT2D eigenvalue weighted by Crippen LogP contribution is -2.50. The Morgan fingerprint density at radius 1 is 1.09 bits per heavy atom. The van der Waals surface area contributed by atoms with E-state index in [1.165, 1.54) is 31.4 Å². The second-order valence-corrected chi connectivity index (χ2v) is 9.26. The Hall–Kier alpha value is -3.06. The Labute approximate surface area is 202 Å². The van der Waals surface area contributed by atoms with Gasteiger partial charge in [0.15, 0.2) is 0 Å². The fourth-order valence-corrected chi connectivity index (χ4v) is 4.59. The van der Waals surface area contributed by atoms with Gasteiger partial charge in [-0.1, -0.05) is 12.1 Å². The molecule has 0 bridgehead atoms. The number of piperidine rings is 1. The number of benzene rings is 2. The molecule has 2 aromatic carbocycles. The summed E-state index contributed by atoms with van der Waals surface area (Å²) >= 11 is 0. The number of rotatable bonds is 9. The van der Waals surface area contributed by atoms with Crippen molar-refractivity contribution in [1.29, 1.82) is 0 Å². The van der Waals surface area contributed by atoms with Gasteiger partial charge in [-0.2, -0.15) is 0 Å². The molecule has 2 aromatic rings. The lowest BCUT2D eigenvalue weighted by atomic mass is 10.1. The average molecular weight is 466 g/mol. The molecule has 6 nitrogen and oxygen atoms in total. The first-order valence-corrected chi connectivity index (χ1v) is 12.4. The summed E-state index contributed by atoms with van der Waals surface area (Å²) in [6.45, 7) is 7.88. The summed E-state index contributed by atoms with van der Waals surface area (Å²) in [4.78, 5) is 18.3. The molecule has 182 valence electrons. The summed E-state index contributed by atoms with van der Waals surface area (Å²) in [5, 5.41) is 7.16. The normalized spacial score (nSPS) is 19.1. The monoisotopic (exact) mass is 465 g/mol. The van der Waals surface area contributed by atoms with Gasteiger partial charge in [-0.25, -0.2) is 4.39 Å². The molecule has 2 saturated heterocycles. The summed E-state index contributed by atoms with van der Waals surface area (Å²) in [7, 11) is 0. The van der Waals surface area contributed by atoms with E-state index < -0.39 is 0 Å². The number of nitrogens with zero attached hydrogens (tertiary/aromatic N) is 3. The van der Waals surface area contributed by atoms with Crippen molar-refractivity contribution in [2.75, 3.05) is 49.5 Å². The molecule has 1 amide bonds. The van der Waals surface area contributed by atoms with E-state index in [1.807, 2.05) is 24.3 Å². The van der Waals surface area contributed by atoms with Crippen molar-refractivity contribution in [2.45, 2.75) is 38.6 Å². The smallest absolute Gasteiger partial charge is 0.214 e. The van der Waals surface area contributed by atoms with Crippen LogP contribution in [0, 0.1) is 5.82 Å². The van der Waals surface area contributed by atoms with E-state index in [4.69, 9.17) is 0 Å². The molecule has 2 heterocycles. The molecule has 0 unspecified atom stereocenters. The van der Waals surface area contributed by atoms with E-state index in [2.05, 4.69) is 33.6 Å². The quantitative estimate of drug-likeness (QED) is 0.548. The molecule has 0 aromatic heterocycles. The number of hydrogen-bond acceptors (Lipinski definition) is 5. The van der Waals surface area contributed by atoms with E-state index in [0.717, 1.165) is 61.9 Å². The van der Waals surface area contributed by atoms with Gasteiger partial charge in [0.05, 0.1) is 0 Å². The Bertz CT molecular complexity index is 940. The molecule has 2 fully saturated rings. The Morgan fingerprint density at radius 2 is 1.82 bits per heavy atom. The maximum atomic E-state index is 13.1. The fraction of sp³-hybridized carbons (Fsp3) is 0.444. The van der Waals surface area contributed by atoms with Crippen LogP contribution in [0.1, 0.15) is 31.7 Å². The van der Waals surface area contributed by atoms with Crippen molar-refractivity contribution in [1.82, 2.24) is 15.1 Å². The highest BCUT2D eigenvalue weighted by molar-refractivity contribution is 5.76. The number of amides is 1. The molecular weight excluding hydrogens is 429 g/mol. The predicted molar refractivity (Wildman–Crippen MR) is 136 cm³/mol. The van der Waals surface area contributed by atoms with Crippen molar-refractivity contribution in [3.05, 3.63) is 71.9 Å². The molecule has 7 heteroatoms. The van der Waals surface area contributed by atoms with Gasteiger partial charge in [0.2, 0.25) is 6.41 Å². The molecule has 0 radical (unpaired) electrons. The standard InChI is InChI=1S/C27H36FN5O/c1-22-19-32(18-14-29-22)27(20-31-15-3-2-4-16-31)30-25-9-11-26(12-10-25)33(21-34)17-13-23-5-7-24(28)8-6-23/h5-12,20-22,29-30H,2-4,13-19H2,1H3/b27-20-/t22-/m0/s1. The van der Waals surface area contributed by atoms with Crippen LogP contribution in [0.3, 0.4) is 0 Å². The van der Waals surface area contributed by atoms with Crippen molar-refractivity contribution >= 4 is 17.8 Å². The fourth-order valence-electron chi connectivity index (χ4n) is 4.59. The second kappa shape index (κ2) is 11.9. The Balaban J connectivity index is 1.42. The van der Waals surface area contributed by atoms with E-state index in [0.29, 0.717) is 19.0 Å². The van der Waals surface area contributed by atoms with Gasteiger partial charge in [0.1, 0.15) is 11.6 Å². The van der Waals surface area contributed by atoms with E-state index in [1.54, 1.807) is 17.0 Å². The maximum absolute atomic E-state index is 13.1. The zero-order valence-corrected chi connectivity index (χ0v) is 20.0. The van der Waals surface area contributed by atoms with E-state index in [-0.39, 0.29) is 5.82 Å². The Morgan fingerprint density at radius 3 is 2.50 bits per heavy atom. The number of likely N-dealkylation sites (tertiary alicyclic amines) is 1. The summed E-state index contributed by atoms with van der Waals surface area (Å²) in [5.74, 6) is 0.884. The van der Waals surface area contributed by atoms with Crippen LogP contribution in [0.2, 0.25) is 0 Å². The van der Waals surface area contributed by atoms with Crippen LogP contribution in [-0.4, -0.2) is 61.5 Å². The SMILES string of the molecule is C[C@H]1CN(/C(=C\N2CCCCC2)Nc2ccc(N(C=O)CCc3ccc(F)cc3)cc2)CCN1. The summed E-state index contributed by atoms with van der Waals surface area (Å²) in [6.07, 6.45) is 7.61. The number of halogens is 1. The zero-order chi connectivity index (χ0) is 23.8. The minimum atomic E-state index is -0.247. The molecule has 2 aliphatic heterocycles. The van der Waals surface area contributed by atoms with Gasteiger partial charge in [0.25, 0.3) is 0 Å². The molecule has 1 atom stereocenters. The van der Waals surface area contributed by atoms with Crippen molar-refractivity contribution in [2.24, 2.45) is 0 Å². The lowest BCUT2D eigenvalue weighted by molar-refractivity contribution is -0.107. The summed E-state index contributed by atoms with van der Waals surface area (Å²) in [5.41, 5.74) is 2.85. The highest BCUT2D eigenvalue weighted by Gasteiger charge is 2.19. The predicted octanol–water partition coefficient (Wildman–Crippen LogP) is 4.02. The van der Waals surface area contributed by atoms with E-state index >= 15 is 0 Å². The maximum Gasteiger partial charge on any atom is 0.214 e.